The zero-order valence-electron chi connectivity index (χ0n) is 15.5. The number of halogens is 4. The Balaban J connectivity index is 1.71. The van der Waals surface area contributed by atoms with Gasteiger partial charge in [-0.15, -0.1) is 0 Å². The Kier molecular flexibility index (Phi) is 6.52. The first-order valence-electron chi connectivity index (χ1n) is 9.22. The van der Waals surface area contributed by atoms with Gasteiger partial charge in [-0.05, 0) is 43.2 Å². The highest BCUT2D eigenvalue weighted by Crippen LogP contribution is 2.36. The van der Waals surface area contributed by atoms with E-state index >= 15 is 0 Å². The predicted molar refractivity (Wildman–Crippen MR) is 101 cm³/mol. The number of hydrogen-bond acceptors (Lipinski definition) is 3. The van der Waals surface area contributed by atoms with Crippen LogP contribution in [0.5, 0.6) is 0 Å². The molecule has 1 aromatic carbocycles. The molecule has 156 valence electrons. The van der Waals surface area contributed by atoms with Crippen LogP contribution in [0.25, 0.3) is 0 Å². The number of carbonyl (C=O) groups excluding carboxylic acids is 2. The summed E-state index contributed by atoms with van der Waals surface area (Å²) in [5, 5.41) is 1.96. The van der Waals surface area contributed by atoms with Crippen molar-refractivity contribution in [3.63, 3.8) is 0 Å². The highest BCUT2D eigenvalue weighted by atomic mass is 35.5. The molecule has 0 aliphatic heterocycles. The van der Waals surface area contributed by atoms with Gasteiger partial charge in [0.05, 0.1) is 23.4 Å². The van der Waals surface area contributed by atoms with E-state index in [0.717, 1.165) is 37.8 Å². The minimum atomic E-state index is -4.64. The van der Waals surface area contributed by atoms with E-state index in [1.807, 2.05) is 0 Å². The van der Waals surface area contributed by atoms with Gasteiger partial charge in [0.15, 0.2) is 0 Å². The van der Waals surface area contributed by atoms with Crippen molar-refractivity contribution < 1.29 is 27.2 Å². The fourth-order valence-corrected chi connectivity index (χ4v) is 3.65. The highest BCUT2D eigenvalue weighted by Gasteiger charge is 2.34. The molecule has 1 saturated carbocycles. The van der Waals surface area contributed by atoms with Gasteiger partial charge in [-0.25, -0.2) is 0 Å². The van der Waals surface area contributed by atoms with Gasteiger partial charge in [0, 0.05) is 11.6 Å². The molecule has 1 heterocycles. The van der Waals surface area contributed by atoms with Gasteiger partial charge in [0.1, 0.15) is 12.3 Å². The van der Waals surface area contributed by atoms with Gasteiger partial charge >= 0.3 is 6.18 Å². The van der Waals surface area contributed by atoms with Crippen LogP contribution in [0.3, 0.4) is 0 Å². The molecule has 0 atom stereocenters. The maximum absolute atomic E-state index is 13.0. The Morgan fingerprint density at radius 3 is 2.55 bits per heavy atom. The summed E-state index contributed by atoms with van der Waals surface area (Å²) in [4.78, 5) is 26.7. The molecule has 1 fully saturated rings. The van der Waals surface area contributed by atoms with Crippen molar-refractivity contribution in [1.29, 1.82) is 0 Å². The fourth-order valence-electron chi connectivity index (χ4n) is 3.43. The summed E-state index contributed by atoms with van der Waals surface area (Å²) in [5.41, 5.74) is -1.08. The molecule has 29 heavy (non-hydrogen) atoms. The summed E-state index contributed by atoms with van der Waals surface area (Å²) in [6, 6.07) is 6.51. The lowest BCUT2D eigenvalue weighted by Crippen LogP contribution is -2.40. The molecule has 2 aromatic rings. The molecular weight excluding hydrogens is 409 g/mol. The second kappa shape index (κ2) is 8.90. The molecule has 9 heteroatoms. The third-order valence-corrected chi connectivity index (χ3v) is 5.16. The van der Waals surface area contributed by atoms with Crippen molar-refractivity contribution in [2.24, 2.45) is 5.92 Å². The Bertz CT molecular complexity index is 862. The molecule has 0 radical (unpaired) electrons. The molecule has 0 bridgehead atoms. The molecule has 5 nitrogen and oxygen atoms in total. The first-order valence-corrected chi connectivity index (χ1v) is 9.59. The van der Waals surface area contributed by atoms with Gasteiger partial charge < -0.3 is 14.6 Å². The molecule has 3 rings (SSSR count). The van der Waals surface area contributed by atoms with Crippen molar-refractivity contribution in [1.82, 2.24) is 4.90 Å². The Morgan fingerprint density at radius 1 is 1.21 bits per heavy atom. The number of amides is 2. The number of hydrogen-bond donors (Lipinski definition) is 1. The van der Waals surface area contributed by atoms with Crippen molar-refractivity contribution in [3.8, 4) is 0 Å². The van der Waals surface area contributed by atoms with Gasteiger partial charge in [0.2, 0.25) is 11.8 Å². The van der Waals surface area contributed by atoms with E-state index < -0.39 is 22.7 Å². The van der Waals surface area contributed by atoms with E-state index in [1.54, 1.807) is 12.1 Å². The number of furan rings is 1. The van der Waals surface area contributed by atoms with Gasteiger partial charge in [-0.3, -0.25) is 9.59 Å². The smallest absolute Gasteiger partial charge is 0.417 e. The lowest BCUT2D eigenvalue weighted by molar-refractivity contribution is -0.139. The van der Waals surface area contributed by atoms with Gasteiger partial charge in [0.25, 0.3) is 0 Å². The highest BCUT2D eigenvalue weighted by molar-refractivity contribution is 6.31. The van der Waals surface area contributed by atoms with E-state index in [2.05, 4.69) is 5.32 Å². The molecule has 0 spiro atoms. The van der Waals surface area contributed by atoms with Crippen LogP contribution in [-0.2, 0) is 22.3 Å². The van der Waals surface area contributed by atoms with Crippen molar-refractivity contribution in [3.05, 3.63) is 52.9 Å². The topological polar surface area (TPSA) is 62.6 Å². The number of rotatable bonds is 6. The maximum Gasteiger partial charge on any atom is 0.417 e. The molecule has 0 saturated heterocycles. The quantitative estimate of drug-likeness (QED) is 0.695. The van der Waals surface area contributed by atoms with Crippen molar-refractivity contribution in [2.45, 2.75) is 38.4 Å². The zero-order chi connectivity index (χ0) is 21.0. The third kappa shape index (κ3) is 5.53. The Hall–Kier alpha value is -2.48. The predicted octanol–water partition coefficient (Wildman–Crippen LogP) is 5.11. The van der Waals surface area contributed by atoms with Crippen molar-refractivity contribution >= 4 is 29.1 Å². The van der Waals surface area contributed by atoms with Crippen LogP contribution in [-0.4, -0.2) is 23.3 Å². The minimum absolute atomic E-state index is 0.0435. The first kappa shape index (κ1) is 21.2. The monoisotopic (exact) mass is 428 g/mol. The number of carbonyl (C=O) groups is 2. The first-order chi connectivity index (χ1) is 13.7. The summed E-state index contributed by atoms with van der Waals surface area (Å²) >= 11 is 5.60. The van der Waals surface area contributed by atoms with E-state index in [9.17, 15) is 22.8 Å². The van der Waals surface area contributed by atoms with E-state index in [4.69, 9.17) is 16.0 Å². The average Bonchev–Trinajstić information content (AvgIpc) is 3.35. The van der Waals surface area contributed by atoms with Crippen LogP contribution in [0.1, 0.15) is 37.0 Å². The average molecular weight is 429 g/mol. The largest absolute Gasteiger partial charge is 0.467 e. The number of anilines is 1. The van der Waals surface area contributed by atoms with E-state index in [1.165, 1.54) is 17.2 Å². The van der Waals surface area contributed by atoms with Gasteiger partial charge in [-0.1, -0.05) is 24.4 Å². The van der Waals surface area contributed by atoms with Crippen LogP contribution < -0.4 is 5.32 Å². The third-order valence-electron chi connectivity index (χ3n) is 4.83. The fraction of sp³-hybridized carbons (Fsp3) is 0.400. The van der Waals surface area contributed by atoms with E-state index in [-0.39, 0.29) is 30.6 Å². The Morgan fingerprint density at radius 2 is 1.93 bits per heavy atom. The maximum atomic E-state index is 13.0. The second-order valence-corrected chi connectivity index (χ2v) is 7.40. The van der Waals surface area contributed by atoms with Crippen LogP contribution in [0.4, 0.5) is 18.9 Å². The van der Waals surface area contributed by atoms with Crippen LogP contribution in [0, 0.1) is 5.92 Å². The van der Waals surface area contributed by atoms with Crippen LogP contribution in [0.15, 0.2) is 41.0 Å². The lowest BCUT2D eigenvalue weighted by Gasteiger charge is -2.24. The number of alkyl halides is 3. The molecule has 1 aliphatic carbocycles. The molecule has 1 aliphatic rings. The summed E-state index contributed by atoms with van der Waals surface area (Å²) < 4.78 is 44.3. The Labute approximate surface area is 170 Å². The zero-order valence-corrected chi connectivity index (χ0v) is 16.2. The number of nitrogens with one attached hydrogen (secondary N) is 1. The SMILES string of the molecule is O=C(CN(Cc1ccco1)C(=O)C1CCCC1)Nc1ccc(Cl)c(C(F)(F)F)c1. The number of nitrogens with zero attached hydrogens (tertiary/aromatic N) is 1. The summed E-state index contributed by atoms with van der Waals surface area (Å²) in [7, 11) is 0. The minimum Gasteiger partial charge on any atom is -0.467 e. The second-order valence-electron chi connectivity index (χ2n) is 7.00. The molecule has 2 amide bonds. The molecular formula is C20H20ClF3N2O3. The molecule has 0 unspecified atom stereocenters. The standard InChI is InChI=1S/C20H20ClF3N2O3/c21-17-8-7-14(10-16(17)20(22,23)24)25-18(27)12-26(11-15-6-3-9-29-15)19(28)13-4-1-2-5-13/h3,6-10,13H,1-2,4-5,11-12H2,(H,25,27). The number of benzene rings is 1. The summed E-state index contributed by atoms with van der Waals surface area (Å²) in [6.45, 7) is -0.176. The molecule has 1 N–H and O–H groups in total. The summed E-state index contributed by atoms with van der Waals surface area (Å²) in [6.07, 6.45) is 0.286. The normalized spacial score (nSPS) is 14.8. The van der Waals surface area contributed by atoms with Crippen molar-refractivity contribution in [2.75, 3.05) is 11.9 Å². The molecule has 1 aromatic heterocycles. The van der Waals surface area contributed by atoms with Gasteiger partial charge in [-0.2, -0.15) is 13.2 Å². The van der Waals surface area contributed by atoms with Crippen LogP contribution >= 0.6 is 11.6 Å². The van der Waals surface area contributed by atoms with E-state index in [0.29, 0.717) is 5.76 Å². The van der Waals surface area contributed by atoms with Crippen LogP contribution in [0.2, 0.25) is 5.02 Å². The summed E-state index contributed by atoms with van der Waals surface area (Å²) in [5.74, 6) is -0.375. The lowest BCUT2D eigenvalue weighted by atomic mass is 10.1.